The molecule has 7 nitrogen and oxygen atoms in total. The fourth-order valence-electron chi connectivity index (χ4n) is 1.32. The van der Waals surface area contributed by atoms with Gasteiger partial charge in [0.2, 0.25) is 0 Å². The van der Waals surface area contributed by atoms with Gasteiger partial charge in [-0.2, -0.15) is 0 Å². The third-order valence-electron chi connectivity index (χ3n) is 2.28. The van der Waals surface area contributed by atoms with Crippen LogP contribution in [0.4, 0.5) is 5.00 Å². The summed E-state index contributed by atoms with van der Waals surface area (Å²) in [5.41, 5.74) is 0.176. The summed E-state index contributed by atoms with van der Waals surface area (Å²) >= 11 is 0.858. The Morgan fingerprint density at radius 3 is 2.72 bits per heavy atom. The van der Waals surface area contributed by atoms with Gasteiger partial charge in [0.15, 0.2) is 0 Å². The van der Waals surface area contributed by atoms with Gasteiger partial charge >= 0.3 is 11.0 Å². The van der Waals surface area contributed by atoms with Crippen molar-refractivity contribution in [1.29, 1.82) is 0 Å². The number of nitrogens with zero attached hydrogens (tertiary/aromatic N) is 1. The summed E-state index contributed by atoms with van der Waals surface area (Å²) in [7, 11) is 0. The van der Waals surface area contributed by atoms with Crippen molar-refractivity contribution in [2.75, 3.05) is 0 Å². The van der Waals surface area contributed by atoms with Gasteiger partial charge in [-0.15, -0.1) is 0 Å². The summed E-state index contributed by atoms with van der Waals surface area (Å²) in [5, 5.41) is 22.9. The maximum atomic E-state index is 11.7. The highest BCUT2D eigenvalue weighted by molar-refractivity contribution is 7.13. The average molecular weight is 272 g/mol. The summed E-state index contributed by atoms with van der Waals surface area (Å²) in [4.78, 5) is 32.1. The average Bonchev–Trinajstić information content (AvgIpc) is 2.76. The number of carboxylic acid groups (broad SMARTS) is 1. The number of amides is 1. The number of nitro groups is 1. The Labute approximate surface area is 107 Å². The summed E-state index contributed by atoms with van der Waals surface area (Å²) in [6.07, 6.45) is 0.304. The minimum Gasteiger partial charge on any atom is -0.481 e. The monoisotopic (exact) mass is 272 g/mol. The van der Waals surface area contributed by atoms with Crippen LogP contribution >= 0.6 is 11.3 Å². The lowest BCUT2D eigenvalue weighted by atomic mass is 10.1. The molecule has 1 heterocycles. The Bertz CT molecular complexity index is 471. The van der Waals surface area contributed by atoms with E-state index in [0.29, 0.717) is 6.42 Å². The first kappa shape index (κ1) is 14.1. The zero-order valence-corrected chi connectivity index (χ0v) is 10.4. The SMILES string of the molecule is CCC(CC(=O)O)NC(=O)c1csc([N+](=O)[O-])c1. The van der Waals surface area contributed by atoms with Crippen LogP contribution in [0.15, 0.2) is 11.4 Å². The predicted octanol–water partition coefficient (Wildman–Crippen LogP) is 1.64. The first-order valence-electron chi connectivity index (χ1n) is 5.19. The molecule has 0 saturated carbocycles. The van der Waals surface area contributed by atoms with Gasteiger partial charge in [0.25, 0.3) is 5.91 Å². The smallest absolute Gasteiger partial charge is 0.324 e. The van der Waals surface area contributed by atoms with E-state index in [1.54, 1.807) is 6.92 Å². The van der Waals surface area contributed by atoms with Crippen molar-refractivity contribution in [3.63, 3.8) is 0 Å². The topological polar surface area (TPSA) is 110 Å². The number of carboxylic acids is 1. The van der Waals surface area contributed by atoms with Gasteiger partial charge in [-0.1, -0.05) is 18.3 Å². The van der Waals surface area contributed by atoms with E-state index in [-0.39, 0.29) is 17.0 Å². The number of thiophene rings is 1. The van der Waals surface area contributed by atoms with Crippen LogP contribution in [0.5, 0.6) is 0 Å². The molecular formula is C10H12N2O5S. The standard InChI is InChI=1S/C10H12N2O5S/c1-2-7(4-9(13)14)11-10(15)6-3-8(12(16)17)18-5-6/h3,5,7H,2,4H2,1H3,(H,11,15)(H,13,14). The normalized spacial score (nSPS) is 11.8. The van der Waals surface area contributed by atoms with Crippen molar-refractivity contribution >= 4 is 28.2 Å². The highest BCUT2D eigenvalue weighted by atomic mass is 32.1. The summed E-state index contributed by atoms with van der Waals surface area (Å²) < 4.78 is 0. The van der Waals surface area contributed by atoms with Gasteiger partial charge in [-0.25, -0.2) is 0 Å². The number of rotatable bonds is 6. The third-order valence-corrected chi connectivity index (χ3v) is 3.16. The molecule has 8 heteroatoms. The van der Waals surface area contributed by atoms with E-state index in [1.807, 2.05) is 0 Å². The first-order valence-corrected chi connectivity index (χ1v) is 6.07. The van der Waals surface area contributed by atoms with Crippen LogP contribution in [0.2, 0.25) is 0 Å². The largest absolute Gasteiger partial charge is 0.481 e. The van der Waals surface area contributed by atoms with E-state index in [2.05, 4.69) is 5.32 Å². The van der Waals surface area contributed by atoms with Crippen LogP contribution in [0.1, 0.15) is 30.1 Å². The molecule has 0 aliphatic carbocycles. The molecule has 1 aromatic rings. The van der Waals surface area contributed by atoms with E-state index in [0.717, 1.165) is 11.3 Å². The maximum absolute atomic E-state index is 11.7. The number of hydrogen-bond acceptors (Lipinski definition) is 5. The molecule has 1 aromatic heterocycles. The van der Waals surface area contributed by atoms with E-state index >= 15 is 0 Å². The number of aliphatic carboxylic acids is 1. The fraction of sp³-hybridized carbons (Fsp3) is 0.400. The van der Waals surface area contributed by atoms with Crippen molar-refractivity contribution in [3.8, 4) is 0 Å². The number of hydrogen-bond donors (Lipinski definition) is 2. The molecule has 0 bridgehead atoms. The maximum Gasteiger partial charge on any atom is 0.324 e. The minimum absolute atomic E-state index is 0.119. The molecule has 18 heavy (non-hydrogen) atoms. The molecule has 0 aromatic carbocycles. The second-order valence-corrected chi connectivity index (χ2v) is 4.50. The molecule has 0 aliphatic heterocycles. The van der Waals surface area contributed by atoms with E-state index < -0.39 is 22.8 Å². The Hall–Kier alpha value is -1.96. The van der Waals surface area contributed by atoms with Crippen molar-refractivity contribution in [1.82, 2.24) is 5.32 Å². The zero-order chi connectivity index (χ0) is 13.7. The first-order chi connectivity index (χ1) is 8.43. The van der Waals surface area contributed by atoms with Crippen molar-refractivity contribution < 1.29 is 19.6 Å². The van der Waals surface area contributed by atoms with Crippen molar-refractivity contribution in [3.05, 3.63) is 27.1 Å². The zero-order valence-electron chi connectivity index (χ0n) is 9.58. The van der Waals surface area contributed by atoms with Crippen LogP contribution < -0.4 is 5.32 Å². The Morgan fingerprint density at radius 1 is 1.61 bits per heavy atom. The summed E-state index contributed by atoms with van der Waals surface area (Å²) in [5.74, 6) is -1.49. The lowest BCUT2D eigenvalue weighted by Gasteiger charge is -2.13. The fourth-order valence-corrected chi connectivity index (χ4v) is 2.02. The Balaban J connectivity index is 2.68. The molecule has 1 unspecified atom stereocenters. The lowest BCUT2D eigenvalue weighted by Crippen LogP contribution is -2.35. The molecule has 0 saturated heterocycles. The van der Waals surface area contributed by atoms with E-state index in [4.69, 9.17) is 5.11 Å². The Morgan fingerprint density at radius 2 is 2.28 bits per heavy atom. The summed E-state index contributed by atoms with van der Waals surface area (Å²) in [6, 6.07) is 0.696. The lowest BCUT2D eigenvalue weighted by molar-refractivity contribution is -0.380. The molecule has 0 radical (unpaired) electrons. The van der Waals surface area contributed by atoms with Gasteiger partial charge in [0.1, 0.15) is 0 Å². The van der Waals surface area contributed by atoms with Crippen LogP contribution in [0, 0.1) is 10.1 Å². The molecule has 2 N–H and O–H groups in total. The number of nitrogens with one attached hydrogen (secondary N) is 1. The van der Waals surface area contributed by atoms with Gasteiger partial charge in [-0.3, -0.25) is 19.7 Å². The number of carbonyl (C=O) groups is 2. The quantitative estimate of drug-likeness (QED) is 0.604. The molecule has 0 spiro atoms. The summed E-state index contributed by atoms with van der Waals surface area (Å²) in [6.45, 7) is 1.75. The Kier molecular flexibility index (Phi) is 4.78. The highest BCUT2D eigenvalue weighted by Crippen LogP contribution is 2.22. The highest BCUT2D eigenvalue weighted by Gasteiger charge is 2.18. The molecule has 1 atom stereocenters. The van der Waals surface area contributed by atoms with Gasteiger partial charge < -0.3 is 10.4 Å². The second kappa shape index (κ2) is 6.10. The third kappa shape index (κ3) is 3.81. The second-order valence-electron chi connectivity index (χ2n) is 3.61. The van der Waals surface area contributed by atoms with Gasteiger partial charge in [0, 0.05) is 17.5 Å². The van der Waals surface area contributed by atoms with Gasteiger partial charge in [0.05, 0.1) is 16.9 Å². The van der Waals surface area contributed by atoms with Crippen LogP contribution in [0.25, 0.3) is 0 Å². The number of carbonyl (C=O) groups excluding carboxylic acids is 1. The van der Waals surface area contributed by atoms with Crippen molar-refractivity contribution in [2.45, 2.75) is 25.8 Å². The molecule has 98 valence electrons. The van der Waals surface area contributed by atoms with Gasteiger partial charge in [-0.05, 0) is 6.42 Å². The van der Waals surface area contributed by atoms with E-state index in [1.165, 1.54) is 11.4 Å². The van der Waals surface area contributed by atoms with Crippen LogP contribution in [-0.2, 0) is 4.79 Å². The molecule has 0 fully saturated rings. The molecule has 1 amide bonds. The minimum atomic E-state index is -1.00. The molecule has 1 rings (SSSR count). The molecular weight excluding hydrogens is 260 g/mol. The predicted molar refractivity (Wildman–Crippen MR) is 64.8 cm³/mol. The molecule has 0 aliphatic rings. The van der Waals surface area contributed by atoms with E-state index in [9.17, 15) is 19.7 Å². The van der Waals surface area contributed by atoms with Crippen LogP contribution in [-0.4, -0.2) is 27.9 Å². The van der Waals surface area contributed by atoms with Crippen molar-refractivity contribution in [2.24, 2.45) is 0 Å². The van der Waals surface area contributed by atoms with Crippen LogP contribution in [0.3, 0.4) is 0 Å².